The number of aromatic nitrogens is 3. The van der Waals surface area contributed by atoms with Crippen molar-refractivity contribution in [3.8, 4) is 10.6 Å². The van der Waals surface area contributed by atoms with E-state index in [0.717, 1.165) is 33.2 Å². The van der Waals surface area contributed by atoms with Gasteiger partial charge in [0.05, 0.1) is 21.5 Å². The highest BCUT2D eigenvalue weighted by Gasteiger charge is 2.17. The molecule has 0 spiro atoms. The van der Waals surface area contributed by atoms with Gasteiger partial charge in [-0.2, -0.15) is 5.10 Å². The zero-order valence-corrected chi connectivity index (χ0v) is 16.5. The first-order valence-corrected chi connectivity index (χ1v) is 9.53. The zero-order valence-electron chi connectivity index (χ0n) is 15.7. The van der Waals surface area contributed by atoms with Crippen LogP contribution in [-0.2, 0) is 7.05 Å². The molecule has 0 atom stereocenters. The molecule has 136 valence electrons. The largest absolute Gasteiger partial charge is 0.322 e. The standard InChI is InChI=1S/C21H20N4OS/c1-12-5-10-17-18(11-12)27-21(23-17)15-6-8-16(9-7-15)22-20(26)19-13(2)24-25(4)14(19)3/h5-11H,1-4H3,(H,22,26). The number of fused-ring (bicyclic) bond motifs is 1. The van der Waals surface area contributed by atoms with Gasteiger partial charge in [0.15, 0.2) is 0 Å². The van der Waals surface area contributed by atoms with E-state index in [2.05, 4.69) is 35.5 Å². The van der Waals surface area contributed by atoms with Crippen molar-refractivity contribution in [3.05, 3.63) is 65.0 Å². The van der Waals surface area contributed by atoms with Gasteiger partial charge in [-0.05, 0) is 62.7 Å². The molecule has 5 nitrogen and oxygen atoms in total. The zero-order chi connectivity index (χ0) is 19.1. The minimum Gasteiger partial charge on any atom is -0.322 e. The Bertz CT molecular complexity index is 1160. The number of amides is 1. The molecule has 1 N–H and O–H groups in total. The van der Waals surface area contributed by atoms with Gasteiger partial charge in [-0.3, -0.25) is 9.48 Å². The van der Waals surface area contributed by atoms with Crippen LogP contribution in [0.2, 0.25) is 0 Å². The Morgan fingerprint density at radius 1 is 1.07 bits per heavy atom. The second kappa shape index (κ2) is 6.63. The first kappa shape index (κ1) is 17.4. The monoisotopic (exact) mass is 376 g/mol. The van der Waals surface area contributed by atoms with Crippen LogP contribution in [-0.4, -0.2) is 20.7 Å². The van der Waals surface area contributed by atoms with E-state index in [1.54, 1.807) is 16.0 Å². The molecule has 0 unspecified atom stereocenters. The average Bonchev–Trinajstić information content (AvgIpc) is 3.15. The lowest BCUT2D eigenvalue weighted by Crippen LogP contribution is -2.14. The predicted octanol–water partition coefficient (Wildman–Crippen LogP) is 4.87. The maximum Gasteiger partial charge on any atom is 0.259 e. The van der Waals surface area contributed by atoms with Crippen molar-refractivity contribution in [2.45, 2.75) is 20.8 Å². The summed E-state index contributed by atoms with van der Waals surface area (Å²) in [6.07, 6.45) is 0. The highest BCUT2D eigenvalue weighted by Crippen LogP contribution is 2.31. The number of anilines is 1. The van der Waals surface area contributed by atoms with Crippen molar-refractivity contribution in [2.24, 2.45) is 7.05 Å². The summed E-state index contributed by atoms with van der Waals surface area (Å²) in [6.45, 7) is 5.83. The van der Waals surface area contributed by atoms with Gasteiger partial charge < -0.3 is 5.32 Å². The molecule has 0 bridgehead atoms. The van der Waals surface area contributed by atoms with Crippen molar-refractivity contribution in [2.75, 3.05) is 5.32 Å². The van der Waals surface area contributed by atoms with E-state index in [-0.39, 0.29) is 5.91 Å². The third-order valence-corrected chi connectivity index (χ3v) is 5.74. The smallest absolute Gasteiger partial charge is 0.259 e. The minimum atomic E-state index is -0.138. The summed E-state index contributed by atoms with van der Waals surface area (Å²) in [6, 6.07) is 14.1. The number of benzene rings is 2. The molecule has 0 fully saturated rings. The maximum absolute atomic E-state index is 12.6. The van der Waals surface area contributed by atoms with Crippen molar-refractivity contribution < 1.29 is 4.79 Å². The van der Waals surface area contributed by atoms with Crippen LogP contribution in [0.15, 0.2) is 42.5 Å². The Balaban J connectivity index is 1.57. The summed E-state index contributed by atoms with van der Waals surface area (Å²) in [4.78, 5) is 17.3. The molecule has 2 aromatic carbocycles. The molecule has 2 heterocycles. The van der Waals surface area contributed by atoms with Crippen LogP contribution >= 0.6 is 11.3 Å². The summed E-state index contributed by atoms with van der Waals surface area (Å²) >= 11 is 1.68. The number of hydrogen-bond acceptors (Lipinski definition) is 4. The van der Waals surface area contributed by atoms with E-state index in [9.17, 15) is 4.79 Å². The van der Waals surface area contributed by atoms with E-state index in [0.29, 0.717) is 5.56 Å². The predicted molar refractivity (Wildman–Crippen MR) is 110 cm³/mol. The van der Waals surface area contributed by atoms with E-state index < -0.39 is 0 Å². The number of nitrogens with zero attached hydrogens (tertiary/aromatic N) is 3. The molecular weight excluding hydrogens is 356 g/mol. The van der Waals surface area contributed by atoms with Crippen molar-refractivity contribution in [1.82, 2.24) is 14.8 Å². The molecule has 0 saturated carbocycles. The Morgan fingerprint density at radius 2 is 1.81 bits per heavy atom. The molecule has 0 radical (unpaired) electrons. The number of nitrogens with one attached hydrogen (secondary N) is 1. The summed E-state index contributed by atoms with van der Waals surface area (Å²) in [5.74, 6) is -0.138. The fraction of sp³-hybridized carbons (Fsp3) is 0.190. The Hall–Kier alpha value is -2.99. The van der Waals surface area contributed by atoms with Gasteiger partial charge in [0.1, 0.15) is 5.01 Å². The normalized spacial score (nSPS) is 11.1. The Morgan fingerprint density at radius 3 is 2.48 bits per heavy atom. The fourth-order valence-corrected chi connectivity index (χ4v) is 4.22. The molecule has 2 aromatic heterocycles. The number of carbonyl (C=O) groups is 1. The summed E-state index contributed by atoms with van der Waals surface area (Å²) < 4.78 is 2.91. The number of carbonyl (C=O) groups excluding carboxylic acids is 1. The topological polar surface area (TPSA) is 59.8 Å². The summed E-state index contributed by atoms with van der Waals surface area (Å²) in [5.41, 5.74) is 6.25. The Kier molecular flexibility index (Phi) is 4.28. The molecule has 0 aliphatic heterocycles. The highest BCUT2D eigenvalue weighted by molar-refractivity contribution is 7.21. The van der Waals surface area contributed by atoms with Crippen molar-refractivity contribution in [1.29, 1.82) is 0 Å². The highest BCUT2D eigenvalue weighted by atomic mass is 32.1. The Labute approximate surface area is 161 Å². The van der Waals surface area contributed by atoms with Gasteiger partial charge in [0.2, 0.25) is 0 Å². The van der Waals surface area contributed by atoms with Gasteiger partial charge in [-0.25, -0.2) is 4.98 Å². The third-order valence-electron chi connectivity index (χ3n) is 4.67. The summed E-state index contributed by atoms with van der Waals surface area (Å²) in [7, 11) is 1.84. The van der Waals surface area contributed by atoms with E-state index in [4.69, 9.17) is 4.98 Å². The molecule has 6 heteroatoms. The van der Waals surface area contributed by atoms with Gasteiger partial charge in [-0.15, -0.1) is 11.3 Å². The van der Waals surface area contributed by atoms with Crippen molar-refractivity contribution >= 4 is 33.1 Å². The number of hydrogen-bond donors (Lipinski definition) is 1. The molecular formula is C21H20N4OS. The van der Waals surface area contributed by atoms with E-state index in [1.807, 2.05) is 45.2 Å². The first-order valence-electron chi connectivity index (χ1n) is 8.71. The lowest BCUT2D eigenvalue weighted by molar-refractivity contribution is 0.102. The maximum atomic E-state index is 12.6. The van der Waals surface area contributed by atoms with Crippen LogP contribution in [0.25, 0.3) is 20.8 Å². The molecule has 0 aliphatic carbocycles. The van der Waals surface area contributed by atoms with E-state index in [1.165, 1.54) is 10.3 Å². The first-order chi connectivity index (χ1) is 12.9. The second-order valence-corrected chi connectivity index (χ2v) is 7.72. The number of rotatable bonds is 3. The lowest BCUT2D eigenvalue weighted by atomic mass is 10.1. The SMILES string of the molecule is Cc1ccc2nc(-c3ccc(NC(=O)c4c(C)nn(C)c4C)cc3)sc2c1. The number of thiazole rings is 1. The minimum absolute atomic E-state index is 0.138. The van der Waals surface area contributed by atoms with Crippen LogP contribution in [0.4, 0.5) is 5.69 Å². The van der Waals surface area contributed by atoms with Crippen LogP contribution in [0.5, 0.6) is 0 Å². The van der Waals surface area contributed by atoms with Gasteiger partial charge in [0, 0.05) is 24.0 Å². The van der Waals surface area contributed by atoms with Gasteiger partial charge in [-0.1, -0.05) is 6.07 Å². The molecule has 0 aliphatic rings. The summed E-state index contributed by atoms with van der Waals surface area (Å²) in [5, 5.41) is 8.24. The molecule has 27 heavy (non-hydrogen) atoms. The van der Waals surface area contributed by atoms with Gasteiger partial charge in [0.25, 0.3) is 5.91 Å². The molecule has 4 aromatic rings. The molecule has 1 amide bonds. The van der Waals surface area contributed by atoms with Crippen LogP contribution < -0.4 is 5.32 Å². The van der Waals surface area contributed by atoms with Crippen LogP contribution in [0.1, 0.15) is 27.3 Å². The quantitative estimate of drug-likeness (QED) is 0.555. The van der Waals surface area contributed by atoms with Crippen LogP contribution in [0.3, 0.4) is 0 Å². The third kappa shape index (κ3) is 3.24. The lowest BCUT2D eigenvalue weighted by Gasteiger charge is -2.06. The average molecular weight is 376 g/mol. The molecule has 0 saturated heterocycles. The van der Waals surface area contributed by atoms with Crippen LogP contribution in [0, 0.1) is 20.8 Å². The van der Waals surface area contributed by atoms with Crippen molar-refractivity contribution in [3.63, 3.8) is 0 Å². The van der Waals surface area contributed by atoms with E-state index >= 15 is 0 Å². The second-order valence-electron chi connectivity index (χ2n) is 6.69. The van der Waals surface area contributed by atoms with Gasteiger partial charge >= 0.3 is 0 Å². The molecule has 4 rings (SSSR count). The number of aryl methyl sites for hydroxylation is 3. The fourth-order valence-electron chi connectivity index (χ4n) is 3.15.